The molecule has 0 radical (unpaired) electrons. The van der Waals surface area contributed by atoms with Gasteiger partial charge in [0, 0.05) is 36.1 Å². The van der Waals surface area contributed by atoms with E-state index in [4.69, 9.17) is 9.47 Å². The van der Waals surface area contributed by atoms with Gasteiger partial charge in [-0.1, -0.05) is 34.1 Å². The van der Waals surface area contributed by atoms with Gasteiger partial charge in [0.25, 0.3) is 5.91 Å². The van der Waals surface area contributed by atoms with Crippen LogP contribution in [-0.4, -0.2) is 49.1 Å². The van der Waals surface area contributed by atoms with E-state index in [1.54, 1.807) is 31.2 Å². The van der Waals surface area contributed by atoms with Crippen LogP contribution < -0.4 is 10.1 Å². The number of hydrogen-bond acceptors (Lipinski definition) is 5. The molecular weight excluding hydrogens is 488 g/mol. The predicted octanol–water partition coefficient (Wildman–Crippen LogP) is 4.59. The van der Waals surface area contributed by atoms with Gasteiger partial charge in [0.05, 0.1) is 6.61 Å². The van der Waals surface area contributed by atoms with Crippen molar-refractivity contribution in [3.63, 3.8) is 0 Å². The summed E-state index contributed by atoms with van der Waals surface area (Å²) in [4.78, 5) is 38.3. The molecule has 0 spiro atoms. The van der Waals surface area contributed by atoms with E-state index in [0.717, 1.165) is 42.4 Å². The van der Waals surface area contributed by atoms with Gasteiger partial charge in [-0.05, 0) is 68.0 Å². The van der Waals surface area contributed by atoms with Gasteiger partial charge in [-0.3, -0.25) is 9.59 Å². The summed E-state index contributed by atoms with van der Waals surface area (Å²) < 4.78 is 10.8. The Morgan fingerprint density at radius 3 is 2.42 bits per heavy atom. The van der Waals surface area contributed by atoms with Crippen molar-refractivity contribution in [3.8, 4) is 5.75 Å². The molecule has 33 heavy (non-hydrogen) atoms. The lowest BCUT2D eigenvalue weighted by Gasteiger charge is -2.32. The number of halogens is 1. The Balaban J connectivity index is 1.37. The van der Waals surface area contributed by atoms with E-state index in [1.807, 2.05) is 29.2 Å². The molecule has 7 nitrogen and oxygen atoms in total. The van der Waals surface area contributed by atoms with Gasteiger partial charge in [0.1, 0.15) is 5.75 Å². The number of carbonyl (C=O) groups excluding carboxylic acids is 3. The van der Waals surface area contributed by atoms with Crippen molar-refractivity contribution in [2.75, 3.05) is 26.2 Å². The number of rotatable bonds is 8. The van der Waals surface area contributed by atoms with E-state index in [0.29, 0.717) is 30.2 Å². The zero-order chi connectivity index (χ0) is 23.6. The molecule has 2 aromatic carbocycles. The van der Waals surface area contributed by atoms with Gasteiger partial charge in [0.2, 0.25) is 5.91 Å². The molecule has 8 heteroatoms. The number of piperidine rings is 1. The lowest BCUT2D eigenvalue weighted by Crippen LogP contribution is -2.41. The molecule has 0 unspecified atom stereocenters. The summed E-state index contributed by atoms with van der Waals surface area (Å²) in [6, 6.07) is 14.3. The lowest BCUT2D eigenvalue weighted by atomic mass is 9.96. The molecule has 1 aliphatic rings. The Morgan fingerprint density at radius 1 is 1.06 bits per heavy atom. The molecule has 2 amide bonds. The third-order valence-corrected chi connectivity index (χ3v) is 6.44. The van der Waals surface area contributed by atoms with Gasteiger partial charge >= 0.3 is 6.16 Å². The highest BCUT2D eigenvalue weighted by Gasteiger charge is 2.23. The molecule has 1 heterocycles. The minimum Gasteiger partial charge on any atom is -0.434 e. The molecule has 176 valence electrons. The van der Waals surface area contributed by atoms with Crippen LogP contribution >= 0.6 is 15.9 Å². The zero-order valence-corrected chi connectivity index (χ0v) is 20.3. The summed E-state index contributed by atoms with van der Waals surface area (Å²) in [6.07, 6.45) is 2.19. The average molecular weight is 517 g/mol. The van der Waals surface area contributed by atoms with Gasteiger partial charge in [-0.2, -0.15) is 0 Å². The number of likely N-dealkylation sites (tertiary alicyclic amines) is 1. The number of benzene rings is 2. The van der Waals surface area contributed by atoms with Crippen LogP contribution in [0.15, 0.2) is 53.0 Å². The minimum atomic E-state index is -0.771. The van der Waals surface area contributed by atoms with Crippen molar-refractivity contribution in [1.29, 1.82) is 0 Å². The van der Waals surface area contributed by atoms with E-state index in [2.05, 4.69) is 21.2 Å². The summed E-state index contributed by atoms with van der Waals surface area (Å²) in [5.41, 5.74) is 1.63. The van der Waals surface area contributed by atoms with Gasteiger partial charge < -0.3 is 19.7 Å². The van der Waals surface area contributed by atoms with Gasteiger partial charge in [-0.25, -0.2) is 4.79 Å². The molecule has 0 bridgehead atoms. The third-order valence-electron chi connectivity index (χ3n) is 5.66. The number of nitrogens with one attached hydrogen (secondary N) is 1. The summed E-state index contributed by atoms with van der Waals surface area (Å²) in [6.45, 7) is 3.93. The second-order valence-electron chi connectivity index (χ2n) is 7.94. The molecular formula is C25H29BrN2O5. The van der Waals surface area contributed by atoms with Crippen LogP contribution in [-0.2, 0) is 16.0 Å². The highest BCUT2D eigenvalue weighted by Crippen LogP contribution is 2.21. The Labute approximate surface area is 202 Å². The fraction of sp³-hybridized carbons (Fsp3) is 0.400. The van der Waals surface area contributed by atoms with Crippen molar-refractivity contribution < 1.29 is 23.9 Å². The number of nitrogens with zero attached hydrogens (tertiary/aromatic N) is 1. The van der Waals surface area contributed by atoms with Crippen molar-refractivity contribution in [1.82, 2.24) is 10.2 Å². The number of carbonyl (C=O) groups is 3. The van der Waals surface area contributed by atoms with Crippen LogP contribution in [0.5, 0.6) is 5.75 Å². The maximum Gasteiger partial charge on any atom is 0.513 e. The van der Waals surface area contributed by atoms with Crippen molar-refractivity contribution in [3.05, 3.63) is 64.1 Å². The lowest BCUT2D eigenvalue weighted by molar-refractivity contribution is -0.132. The van der Waals surface area contributed by atoms with Crippen LogP contribution in [0.1, 0.15) is 42.1 Å². The first kappa shape index (κ1) is 24.8. The fourth-order valence-corrected chi connectivity index (χ4v) is 4.23. The third kappa shape index (κ3) is 7.60. The summed E-state index contributed by atoms with van der Waals surface area (Å²) >= 11 is 3.53. The molecule has 0 atom stereocenters. The van der Waals surface area contributed by atoms with Crippen LogP contribution in [0.25, 0.3) is 0 Å². The second-order valence-corrected chi connectivity index (χ2v) is 8.79. The molecule has 0 aromatic heterocycles. The van der Waals surface area contributed by atoms with E-state index in [9.17, 15) is 14.4 Å². The monoisotopic (exact) mass is 516 g/mol. The van der Waals surface area contributed by atoms with Crippen molar-refractivity contribution in [2.45, 2.75) is 32.6 Å². The smallest absolute Gasteiger partial charge is 0.434 e. The first-order chi connectivity index (χ1) is 16.0. The topological polar surface area (TPSA) is 84.9 Å². The molecule has 1 fully saturated rings. The fourth-order valence-electron chi connectivity index (χ4n) is 3.74. The maximum atomic E-state index is 12.6. The van der Waals surface area contributed by atoms with Crippen LogP contribution in [0, 0.1) is 5.92 Å². The highest BCUT2D eigenvalue weighted by atomic mass is 79.9. The highest BCUT2D eigenvalue weighted by molar-refractivity contribution is 9.10. The zero-order valence-electron chi connectivity index (χ0n) is 18.7. The van der Waals surface area contributed by atoms with Crippen LogP contribution in [0.4, 0.5) is 4.79 Å². The van der Waals surface area contributed by atoms with Crippen LogP contribution in [0.3, 0.4) is 0 Å². The first-order valence-electron chi connectivity index (χ1n) is 11.2. The largest absolute Gasteiger partial charge is 0.513 e. The summed E-state index contributed by atoms with van der Waals surface area (Å²) in [7, 11) is 0. The average Bonchev–Trinajstić information content (AvgIpc) is 2.83. The van der Waals surface area contributed by atoms with E-state index in [-0.39, 0.29) is 18.4 Å². The Morgan fingerprint density at radius 2 is 1.76 bits per heavy atom. The normalized spacial score (nSPS) is 13.9. The predicted molar refractivity (Wildman–Crippen MR) is 128 cm³/mol. The van der Waals surface area contributed by atoms with Gasteiger partial charge in [-0.15, -0.1) is 0 Å². The standard InChI is InChI=1S/C25H29BrN2O5/c1-2-32-25(31)33-21-10-7-20(8-11-21)24(30)27-17-18-13-15-28(16-14-18)23(29)12-9-19-5-3-4-6-22(19)26/h3-8,10-11,18H,2,9,12-17H2,1H3,(H,27,30). The SMILES string of the molecule is CCOC(=O)Oc1ccc(C(=O)NCC2CCN(C(=O)CCc3ccccc3Br)CC2)cc1. The Kier molecular flexibility index (Phi) is 9.30. The summed E-state index contributed by atoms with van der Waals surface area (Å²) in [5.74, 6) is 0.664. The molecule has 2 aromatic rings. The number of ether oxygens (including phenoxy) is 2. The molecule has 3 rings (SSSR count). The van der Waals surface area contributed by atoms with E-state index in [1.165, 1.54) is 0 Å². The number of amides is 2. The van der Waals surface area contributed by atoms with Gasteiger partial charge in [0.15, 0.2) is 0 Å². The first-order valence-corrected chi connectivity index (χ1v) is 12.0. The molecule has 1 saturated heterocycles. The van der Waals surface area contributed by atoms with E-state index >= 15 is 0 Å². The van der Waals surface area contributed by atoms with E-state index < -0.39 is 6.16 Å². The molecule has 1 N–H and O–H groups in total. The number of aryl methyl sites for hydroxylation is 1. The summed E-state index contributed by atoms with van der Waals surface area (Å²) in [5, 5.41) is 2.97. The van der Waals surface area contributed by atoms with Crippen molar-refractivity contribution >= 4 is 33.9 Å². The molecule has 1 aliphatic heterocycles. The minimum absolute atomic E-state index is 0.176. The maximum absolute atomic E-state index is 12.6. The Hall–Kier alpha value is -2.87. The molecule has 0 aliphatic carbocycles. The number of hydrogen-bond donors (Lipinski definition) is 1. The van der Waals surface area contributed by atoms with Crippen LogP contribution in [0.2, 0.25) is 0 Å². The molecule has 0 saturated carbocycles. The quantitative estimate of drug-likeness (QED) is 0.409. The van der Waals surface area contributed by atoms with Crippen molar-refractivity contribution in [2.24, 2.45) is 5.92 Å². The second kappa shape index (κ2) is 12.4. The Bertz CT molecular complexity index is 956.